The SMILES string of the molecule is CC(C)n1c(O[C@@H]2C[C@H]3C(=O)C[C@]4(C(=O)NS(=O)(=O)C5(C)CC5)C[C@H]4/C=C\CCCCC[C@H](Cc4cccc(F)c4)C(=O)N3C2)nc2c(-c3nc(C4CCCC4)cs3)cccc21. The minimum Gasteiger partial charge on any atom is -0.459 e. The van der Waals surface area contributed by atoms with Gasteiger partial charge >= 0.3 is 0 Å². The molecule has 0 bridgehead atoms. The lowest BCUT2D eigenvalue weighted by molar-refractivity contribution is -0.142. The van der Waals surface area contributed by atoms with Crippen LogP contribution in [-0.4, -0.2) is 68.9 Å². The Morgan fingerprint density at radius 1 is 1.03 bits per heavy atom. The van der Waals surface area contributed by atoms with Crippen LogP contribution in [0, 0.1) is 23.1 Å². The topological polar surface area (TPSA) is 141 Å². The van der Waals surface area contributed by atoms with E-state index in [1.54, 1.807) is 29.2 Å². The maximum absolute atomic E-state index is 14.9. The molecule has 2 aromatic carbocycles. The first-order chi connectivity index (χ1) is 29.7. The molecule has 0 spiro atoms. The second kappa shape index (κ2) is 16.9. The number of carbonyl (C=O) groups is 3. The Bertz CT molecular complexity index is 2500. The molecule has 2 aliphatic heterocycles. The number of hydrogen-bond donors (Lipinski definition) is 1. The number of aromatic nitrogens is 3. The molecule has 1 N–H and O–H groups in total. The molecule has 9 rings (SSSR count). The summed E-state index contributed by atoms with van der Waals surface area (Å²) in [6.45, 7) is 5.89. The normalized spacial score (nSPS) is 27.4. The van der Waals surface area contributed by atoms with Crippen LogP contribution in [0.5, 0.6) is 6.01 Å². The van der Waals surface area contributed by atoms with E-state index in [1.807, 2.05) is 36.4 Å². The Balaban J connectivity index is 1.04. The molecule has 5 aliphatic rings. The van der Waals surface area contributed by atoms with Crippen LogP contribution < -0.4 is 9.46 Å². The molecule has 330 valence electrons. The van der Waals surface area contributed by atoms with Crippen LogP contribution in [-0.2, 0) is 30.8 Å². The van der Waals surface area contributed by atoms with Crippen LogP contribution in [0.4, 0.5) is 4.39 Å². The zero-order valence-electron chi connectivity index (χ0n) is 36.0. The summed E-state index contributed by atoms with van der Waals surface area (Å²) in [6.07, 6.45) is 13.6. The van der Waals surface area contributed by atoms with Crippen molar-refractivity contribution in [3.8, 4) is 16.6 Å². The van der Waals surface area contributed by atoms with Crippen molar-refractivity contribution in [1.82, 2.24) is 24.2 Å². The number of nitrogens with zero attached hydrogens (tertiary/aromatic N) is 4. The van der Waals surface area contributed by atoms with Gasteiger partial charge in [0.1, 0.15) is 22.4 Å². The molecule has 4 aromatic rings. The second-order valence-corrected chi connectivity index (χ2v) is 22.2. The average molecular weight is 884 g/mol. The van der Waals surface area contributed by atoms with Crippen molar-refractivity contribution in [2.45, 2.75) is 146 Å². The monoisotopic (exact) mass is 883 g/mol. The lowest BCUT2D eigenvalue weighted by atomic mass is 9.90. The van der Waals surface area contributed by atoms with Crippen LogP contribution in [0.2, 0.25) is 0 Å². The smallest absolute Gasteiger partial charge is 0.297 e. The Morgan fingerprint density at radius 3 is 2.56 bits per heavy atom. The number of Topliss-reactive ketones (excluding diaryl/α,β-unsaturated/α-hetero) is 1. The molecule has 62 heavy (non-hydrogen) atoms. The molecule has 3 saturated carbocycles. The van der Waals surface area contributed by atoms with E-state index in [0.717, 1.165) is 65.8 Å². The van der Waals surface area contributed by atoms with Gasteiger partial charge < -0.3 is 9.64 Å². The highest BCUT2D eigenvalue weighted by atomic mass is 32.2. The quantitative estimate of drug-likeness (QED) is 0.156. The highest BCUT2D eigenvalue weighted by Crippen LogP contribution is 2.58. The number of benzene rings is 2. The lowest BCUT2D eigenvalue weighted by Gasteiger charge is -2.29. The van der Waals surface area contributed by atoms with Crippen LogP contribution in [0.1, 0.15) is 134 Å². The summed E-state index contributed by atoms with van der Waals surface area (Å²) in [5.41, 5.74) is 3.21. The third-order valence-electron chi connectivity index (χ3n) is 14.3. The molecule has 4 fully saturated rings. The molecule has 3 aliphatic carbocycles. The van der Waals surface area contributed by atoms with Gasteiger partial charge in [-0.3, -0.25) is 23.7 Å². The molecule has 2 aromatic heterocycles. The summed E-state index contributed by atoms with van der Waals surface area (Å²) in [5.74, 6) is -1.85. The number of nitrogens with one attached hydrogen (secondary N) is 1. The highest BCUT2D eigenvalue weighted by molar-refractivity contribution is 7.91. The van der Waals surface area contributed by atoms with Crippen LogP contribution in [0.15, 0.2) is 60.0 Å². The van der Waals surface area contributed by atoms with E-state index in [4.69, 9.17) is 14.7 Å². The van der Waals surface area contributed by atoms with Gasteiger partial charge in [0.05, 0.1) is 34.0 Å². The molecule has 11 nitrogen and oxygen atoms in total. The number of carbonyl (C=O) groups excluding carboxylic acids is 3. The fraction of sp³-hybridized carbons (Fsp3) is 0.562. The van der Waals surface area contributed by atoms with Gasteiger partial charge in [0.25, 0.3) is 6.01 Å². The molecular weight excluding hydrogens is 826 g/mol. The number of amides is 2. The van der Waals surface area contributed by atoms with Crippen molar-refractivity contribution in [2.75, 3.05) is 6.54 Å². The van der Waals surface area contributed by atoms with E-state index in [-0.39, 0.29) is 48.9 Å². The van der Waals surface area contributed by atoms with Crippen molar-refractivity contribution < 1.29 is 31.9 Å². The maximum Gasteiger partial charge on any atom is 0.297 e. The molecule has 1 saturated heterocycles. The standard InChI is InChI=1S/C48H58FN5O6S2/c1-30(2)54-39-20-12-19-37(43-50-38(29-61-43)32-14-9-10-15-32)42(39)51-46(54)60-36-25-40-41(55)27-48(45(57)52-62(58,59)47(3)21-22-47)26-34(48)17-8-6-4-5-7-16-33(44(56)53(40)28-36)23-31-13-11-18-35(49)24-31/h8,11-13,17-20,24,29-30,32-34,36,40H,4-7,9-10,14-16,21-23,25-28H2,1-3H3,(H,52,57)/b17-8-/t33-,34-,36-,40+,48-/m1/s1. The number of fused-ring (bicyclic) bond motifs is 3. The first-order valence-corrected chi connectivity index (χ1v) is 25.1. The lowest BCUT2D eigenvalue weighted by Crippen LogP contribution is -2.47. The Morgan fingerprint density at radius 2 is 1.81 bits per heavy atom. The van der Waals surface area contributed by atoms with Gasteiger partial charge in [-0.15, -0.1) is 11.3 Å². The summed E-state index contributed by atoms with van der Waals surface area (Å²) >= 11 is 1.63. The Labute approximate surface area is 368 Å². The molecule has 14 heteroatoms. The molecule has 4 heterocycles. The third kappa shape index (κ3) is 8.37. The fourth-order valence-corrected chi connectivity index (χ4v) is 12.4. The van der Waals surface area contributed by atoms with Crippen LogP contribution in [0.25, 0.3) is 21.6 Å². The number of hydrogen-bond acceptors (Lipinski definition) is 9. The zero-order valence-corrected chi connectivity index (χ0v) is 37.6. The Hall–Kier alpha value is -4.43. The number of ether oxygens (including phenoxy) is 1. The number of para-hydroxylation sites is 1. The van der Waals surface area contributed by atoms with E-state index in [9.17, 15) is 27.2 Å². The summed E-state index contributed by atoms with van der Waals surface area (Å²) < 4.78 is 51.4. The molecule has 0 unspecified atom stereocenters. The van der Waals surface area contributed by atoms with E-state index in [0.29, 0.717) is 49.6 Å². The number of thiazole rings is 1. The zero-order chi connectivity index (χ0) is 43.4. The van der Waals surface area contributed by atoms with Gasteiger partial charge in [-0.25, -0.2) is 17.8 Å². The van der Waals surface area contributed by atoms with Gasteiger partial charge in [0.15, 0.2) is 5.78 Å². The number of allylic oxidation sites excluding steroid dienone is 2. The summed E-state index contributed by atoms with van der Waals surface area (Å²) in [4.78, 5) is 55.7. The molecular formula is C48H58FN5O6S2. The van der Waals surface area contributed by atoms with Gasteiger partial charge in [0, 0.05) is 41.7 Å². The fourth-order valence-electron chi connectivity index (χ4n) is 10.2. The first-order valence-electron chi connectivity index (χ1n) is 22.7. The summed E-state index contributed by atoms with van der Waals surface area (Å²) in [7, 11) is -3.94. The van der Waals surface area contributed by atoms with Crippen LogP contribution in [0.3, 0.4) is 0 Å². The highest BCUT2D eigenvalue weighted by Gasteiger charge is 2.62. The van der Waals surface area contributed by atoms with E-state index >= 15 is 0 Å². The van der Waals surface area contributed by atoms with E-state index in [2.05, 4.69) is 28.5 Å². The minimum absolute atomic E-state index is 0.0335. The van der Waals surface area contributed by atoms with E-state index < -0.39 is 44.2 Å². The second-order valence-electron chi connectivity index (χ2n) is 19.2. The number of imidazole rings is 1. The summed E-state index contributed by atoms with van der Waals surface area (Å²) in [5, 5.41) is 3.09. The largest absolute Gasteiger partial charge is 0.459 e. The van der Waals surface area contributed by atoms with Gasteiger partial charge in [-0.05, 0) is 114 Å². The van der Waals surface area contributed by atoms with Crippen molar-refractivity contribution in [1.29, 1.82) is 0 Å². The number of sulfonamides is 1. The number of rotatable bonds is 10. The molecule has 5 atom stereocenters. The van der Waals surface area contributed by atoms with Crippen molar-refractivity contribution >= 4 is 50.0 Å². The van der Waals surface area contributed by atoms with Crippen molar-refractivity contribution in [3.05, 3.63) is 77.1 Å². The first kappa shape index (κ1) is 42.9. The van der Waals surface area contributed by atoms with Gasteiger partial charge in [-0.1, -0.05) is 56.0 Å². The predicted octanol–water partition coefficient (Wildman–Crippen LogP) is 9.23. The van der Waals surface area contributed by atoms with E-state index in [1.165, 1.54) is 25.0 Å². The van der Waals surface area contributed by atoms with Crippen molar-refractivity contribution in [3.63, 3.8) is 0 Å². The Kier molecular flexibility index (Phi) is 11.7. The van der Waals surface area contributed by atoms with Gasteiger partial charge in [0.2, 0.25) is 21.8 Å². The average Bonchev–Trinajstić information content (AvgIpc) is 3.72. The number of ketones is 1. The predicted molar refractivity (Wildman–Crippen MR) is 238 cm³/mol. The minimum atomic E-state index is -3.94. The molecule has 0 radical (unpaired) electrons. The van der Waals surface area contributed by atoms with Gasteiger partial charge in [-0.2, -0.15) is 4.98 Å². The van der Waals surface area contributed by atoms with Crippen LogP contribution >= 0.6 is 11.3 Å². The number of halogens is 1. The summed E-state index contributed by atoms with van der Waals surface area (Å²) in [6, 6.07) is 11.9. The maximum atomic E-state index is 14.9. The molecule has 2 amide bonds. The third-order valence-corrected chi connectivity index (χ3v) is 17.4. The van der Waals surface area contributed by atoms with Crippen molar-refractivity contribution in [2.24, 2.45) is 17.3 Å².